The molecule has 2 N–H and O–H groups in total. The van der Waals surface area contributed by atoms with Crippen molar-refractivity contribution in [2.45, 2.75) is 57.9 Å². The second kappa shape index (κ2) is 11.8. The molecule has 2 aromatic carbocycles. The third-order valence-corrected chi connectivity index (χ3v) is 7.40. The number of fused-ring (bicyclic) bond motifs is 1. The summed E-state index contributed by atoms with van der Waals surface area (Å²) in [5.74, 6) is 0.204. The molecule has 6 nitrogen and oxygen atoms in total. The summed E-state index contributed by atoms with van der Waals surface area (Å²) in [6, 6.07) is 12.5. The molecule has 1 aliphatic carbocycles. The van der Waals surface area contributed by atoms with E-state index in [-0.39, 0.29) is 11.8 Å². The Hall–Kier alpha value is -2.70. The summed E-state index contributed by atoms with van der Waals surface area (Å²) < 4.78 is 0. The Morgan fingerprint density at radius 1 is 1.00 bits per heavy atom. The highest BCUT2D eigenvalue weighted by atomic mass is 16.2. The maximum absolute atomic E-state index is 12.9. The van der Waals surface area contributed by atoms with Crippen LogP contribution in [-0.2, 0) is 24.1 Å². The summed E-state index contributed by atoms with van der Waals surface area (Å²) in [5, 5.41) is 6.93. The molecule has 0 unspecified atom stereocenters. The van der Waals surface area contributed by atoms with E-state index in [4.69, 9.17) is 0 Å². The Balaban J connectivity index is 1.33. The average molecular weight is 477 g/mol. The van der Waals surface area contributed by atoms with Crippen molar-refractivity contribution in [1.29, 1.82) is 0 Å². The number of nitrogens with zero attached hydrogens (tertiary/aromatic N) is 2. The monoisotopic (exact) mass is 476 g/mol. The van der Waals surface area contributed by atoms with E-state index in [2.05, 4.69) is 22.8 Å². The van der Waals surface area contributed by atoms with Gasteiger partial charge >= 0.3 is 0 Å². The third kappa shape index (κ3) is 6.50. The molecule has 0 aromatic heterocycles. The van der Waals surface area contributed by atoms with Crippen LogP contribution in [0.3, 0.4) is 0 Å². The van der Waals surface area contributed by atoms with Gasteiger partial charge in [0.1, 0.15) is 0 Å². The Morgan fingerprint density at radius 2 is 1.71 bits per heavy atom. The number of hydrogen-bond acceptors (Lipinski definition) is 4. The largest absolute Gasteiger partial charge is 0.341 e. The second-order valence-corrected chi connectivity index (χ2v) is 10.3. The average Bonchev–Trinajstić information content (AvgIpc) is 2.85. The number of aryl methyl sites for hydroxylation is 1. The minimum Gasteiger partial charge on any atom is -0.341 e. The van der Waals surface area contributed by atoms with Crippen LogP contribution in [0.1, 0.15) is 58.3 Å². The van der Waals surface area contributed by atoms with E-state index in [1.807, 2.05) is 55.1 Å². The van der Waals surface area contributed by atoms with Crippen LogP contribution in [0.5, 0.6) is 0 Å². The van der Waals surface area contributed by atoms with Crippen molar-refractivity contribution in [3.8, 4) is 0 Å². The number of likely N-dealkylation sites (N-methyl/N-ethyl adjacent to an activating group) is 1. The quantitative estimate of drug-likeness (QED) is 0.608. The molecule has 2 aromatic rings. The zero-order valence-corrected chi connectivity index (χ0v) is 21.5. The number of piperidine rings is 1. The summed E-state index contributed by atoms with van der Waals surface area (Å²) in [6.07, 6.45) is 7.52. The first kappa shape index (κ1) is 25.4. The van der Waals surface area contributed by atoms with Gasteiger partial charge in [-0.15, -0.1) is 0 Å². The molecular formula is C29H40N4O2. The lowest BCUT2D eigenvalue weighted by molar-refractivity contribution is -0.132. The number of amides is 2. The van der Waals surface area contributed by atoms with Gasteiger partial charge in [-0.1, -0.05) is 24.3 Å². The summed E-state index contributed by atoms with van der Waals surface area (Å²) >= 11 is 0. The Bertz CT molecular complexity index is 1040. The SMILES string of the molecule is Cc1ccccc1C(=O)Nc1ccc(CCNC2CCN(C(=O)CN(C)C)CC2)c2c1CCCC2. The van der Waals surface area contributed by atoms with Crippen LogP contribution in [0.15, 0.2) is 36.4 Å². The van der Waals surface area contributed by atoms with E-state index >= 15 is 0 Å². The van der Waals surface area contributed by atoms with Crippen molar-refractivity contribution in [1.82, 2.24) is 15.1 Å². The van der Waals surface area contributed by atoms with Crippen LogP contribution in [0.2, 0.25) is 0 Å². The van der Waals surface area contributed by atoms with Crippen molar-refractivity contribution in [2.75, 3.05) is 45.6 Å². The molecule has 2 aliphatic rings. The lowest BCUT2D eigenvalue weighted by Gasteiger charge is -2.33. The number of carbonyl (C=O) groups is 2. The van der Waals surface area contributed by atoms with Gasteiger partial charge in [-0.25, -0.2) is 0 Å². The summed E-state index contributed by atoms with van der Waals surface area (Å²) in [6.45, 7) is 5.10. The Kier molecular flexibility index (Phi) is 8.58. The second-order valence-electron chi connectivity index (χ2n) is 10.3. The van der Waals surface area contributed by atoms with Crippen LogP contribution in [0.25, 0.3) is 0 Å². The lowest BCUT2D eigenvalue weighted by Crippen LogP contribution is -2.47. The van der Waals surface area contributed by atoms with Crippen LogP contribution in [0.4, 0.5) is 5.69 Å². The molecule has 1 fully saturated rings. The highest BCUT2D eigenvalue weighted by Crippen LogP contribution is 2.31. The summed E-state index contributed by atoms with van der Waals surface area (Å²) in [4.78, 5) is 29.1. The van der Waals surface area contributed by atoms with Crippen molar-refractivity contribution >= 4 is 17.5 Å². The van der Waals surface area contributed by atoms with Gasteiger partial charge in [0, 0.05) is 30.4 Å². The van der Waals surface area contributed by atoms with Gasteiger partial charge in [0.05, 0.1) is 6.54 Å². The molecule has 0 radical (unpaired) electrons. The first-order valence-electron chi connectivity index (χ1n) is 13.1. The molecule has 4 rings (SSSR count). The maximum Gasteiger partial charge on any atom is 0.255 e. The number of likely N-dealkylation sites (tertiary alicyclic amines) is 1. The number of hydrogen-bond donors (Lipinski definition) is 2. The topological polar surface area (TPSA) is 64.7 Å². The molecule has 1 saturated heterocycles. The van der Waals surface area contributed by atoms with Crippen LogP contribution in [-0.4, -0.2) is 67.9 Å². The fourth-order valence-electron chi connectivity index (χ4n) is 5.43. The molecule has 188 valence electrons. The highest BCUT2D eigenvalue weighted by molar-refractivity contribution is 6.05. The van der Waals surface area contributed by atoms with Crippen molar-refractivity contribution in [3.05, 3.63) is 64.2 Å². The van der Waals surface area contributed by atoms with Crippen LogP contribution >= 0.6 is 0 Å². The predicted molar refractivity (Wildman–Crippen MR) is 142 cm³/mol. The molecule has 2 amide bonds. The Morgan fingerprint density at radius 3 is 2.43 bits per heavy atom. The smallest absolute Gasteiger partial charge is 0.255 e. The van der Waals surface area contributed by atoms with Crippen molar-refractivity contribution < 1.29 is 9.59 Å². The van der Waals surface area contributed by atoms with Gasteiger partial charge in [-0.05, 0) is 107 Å². The number of carbonyl (C=O) groups excluding carboxylic acids is 2. The van der Waals surface area contributed by atoms with E-state index in [0.29, 0.717) is 12.6 Å². The van der Waals surface area contributed by atoms with Gasteiger partial charge in [0.2, 0.25) is 5.91 Å². The predicted octanol–water partition coefficient (Wildman–Crippen LogP) is 3.81. The van der Waals surface area contributed by atoms with Gasteiger partial charge in [-0.3, -0.25) is 9.59 Å². The van der Waals surface area contributed by atoms with E-state index in [9.17, 15) is 9.59 Å². The van der Waals surface area contributed by atoms with Crippen molar-refractivity contribution in [2.24, 2.45) is 0 Å². The van der Waals surface area contributed by atoms with Gasteiger partial charge in [0.25, 0.3) is 5.91 Å². The standard InChI is InChI=1S/C29H40N4O2/c1-21-8-4-5-9-24(21)29(35)31-27-13-12-22(25-10-6-7-11-26(25)27)14-17-30-23-15-18-33(19-16-23)28(34)20-32(2)3/h4-5,8-9,12-13,23,30H,6-7,10-11,14-20H2,1-3H3,(H,31,35). The molecule has 1 aliphatic heterocycles. The Labute approximate surface area is 210 Å². The highest BCUT2D eigenvalue weighted by Gasteiger charge is 2.23. The van der Waals surface area contributed by atoms with E-state index in [1.165, 1.54) is 29.5 Å². The molecule has 1 heterocycles. The normalized spacial score (nSPS) is 16.3. The van der Waals surface area contributed by atoms with Gasteiger partial charge < -0.3 is 20.4 Å². The summed E-state index contributed by atoms with van der Waals surface area (Å²) in [5.41, 5.74) is 6.86. The van der Waals surface area contributed by atoms with Crippen LogP contribution in [0, 0.1) is 6.92 Å². The third-order valence-electron chi connectivity index (χ3n) is 7.40. The molecule has 0 bridgehead atoms. The van der Waals surface area contributed by atoms with Gasteiger partial charge in [-0.2, -0.15) is 0 Å². The van der Waals surface area contributed by atoms with Gasteiger partial charge in [0.15, 0.2) is 0 Å². The zero-order chi connectivity index (χ0) is 24.8. The minimum atomic E-state index is -0.0271. The molecular weight excluding hydrogens is 436 g/mol. The van der Waals surface area contributed by atoms with E-state index < -0.39 is 0 Å². The maximum atomic E-state index is 12.9. The number of anilines is 1. The molecule has 35 heavy (non-hydrogen) atoms. The van der Waals surface area contributed by atoms with E-state index in [0.717, 1.165) is 68.6 Å². The number of benzene rings is 2. The molecule has 0 atom stereocenters. The molecule has 0 spiro atoms. The zero-order valence-electron chi connectivity index (χ0n) is 21.5. The van der Waals surface area contributed by atoms with Crippen LogP contribution < -0.4 is 10.6 Å². The fourth-order valence-corrected chi connectivity index (χ4v) is 5.43. The minimum absolute atomic E-state index is 0.0271. The fraction of sp³-hybridized carbons (Fsp3) is 0.517. The molecule has 6 heteroatoms. The van der Waals surface area contributed by atoms with Crippen molar-refractivity contribution in [3.63, 3.8) is 0 Å². The number of nitrogens with one attached hydrogen (secondary N) is 2. The first-order chi connectivity index (χ1) is 16.9. The lowest BCUT2D eigenvalue weighted by atomic mass is 9.86. The summed E-state index contributed by atoms with van der Waals surface area (Å²) in [7, 11) is 3.88. The van der Waals surface area contributed by atoms with E-state index in [1.54, 1.807) is 0 Å². The first-order valence-corrected chi connectivity index (χ1v) is 13.1. The molecule has 0 saturated carbocycles. The number of rotatable bonds is 8.